The van der Waals surface area contributed by atoms with Crippen molar-refractivity contribution in [2.75, 3.05) is 0 Å². The standard InChI is InChI=1S/C15H14ClN3O/c1-15(2)5-12-10(13(20)6-15)8-18-14(19-12)11-4-3-9(16)7-17-11/h3-4,7-8H,5-6H2,1-2H3. The number of aromatic nitrogens is 3. The lowest BCUT2D eigenvalue weighted by atomic mass is 9.76. The van der Waals surface area contributed by atoms with Crippen LogP contribution in [-0.2, 0) is 6.42 Å². The summed E-state index contributed by atoms with van der Waals surface area (Å²) in [5.74, 6) is 0.651. The second-order valence-corrected chi connectivity index (χ2v) is 6.29. The van der Waals surface area contributed by atoms with Crippen LogP contribution in [0.1, 0.15) is 36.3 Å². The molecule has 0 saturated carbocycles. The normalized spacial score (nSPS) is 16.9. The van der Waals surface area contributed by atoms with Crippen molar-refractivity contribution >= 4 is 17.4 Å². The van der Waals surface area contributed by atoms with E-state index in [1.54, 1.807) is 24.5 Å². The lowest BCUT2D eigenvalue weighted by Gasteiger charge is -2.29. The molecular weight excluding hydrogens is 274 g/mol. The summed E-state index contributed by atoms with van der Waals surface area (Å²) in [5, 5.41) is 0.572. The highest BCUT2D eigenvalue weighted by molar-refractivity contribution is 6.30. The van der Waals surface area contributed by atoms with Gasteiger partial charge in [0.1, 0.15) is 5.69 Å². The number of nitrogens with zero attached hydrogens (tertiary/aromatic N) is 3. The molecule has 20 heavy (non-hydrogen) atoms. The third-order valence-corrected chi connectivity index (χ3v) is 3.63. The molecule has 0 radical (unpaired) electrons. The van der Waals surface area contributed by atoms with E-state index in [1.165, 1.54) is 0 Å². The Morgan fingerprint density at radius 2 is 1.95 bits per heavy atom. The van der Waals surface area contributed by atoms with Crippen molar-refractivity contribution in [1.82, 2.24) is 15.0 Å². The van der Waals surface area contributed by atoms with Gasteiger partial charge in [0.05, 0.1) is 16.3 Å². The van der Waals surface area contributed by atoms with E-state index in [0.717, 1.165) is 12.1 Å². The number of fused-ring (bicyclic) bond motifs is 1. The smallest absolute Gasteiger partial charge is 0.178 e. The summed E-state index contributed by atoms with van der Waals surface area (Å²) in [5.41, 5.74) is 2.06. The number of rotatable bonds is 1. The summed E-state index contributed by atoms with van der Waals surface area (Å²) < 4.78 is 0. The first-order valence-electron chi connectivity index (χ1n) is 6.46. The molecule has 0 N–H and O–H groups in total. The van der Waals surface area contributed by atoms with Gasteiger partial charge in [-0.25, -0.2) is 9.97 Å². The highest BCUT2D eigenvalue weighted by Gasteiger charge is 2.32. The molecule has 0 unspecified atom stereocenters. The average molecular weight is 288 g/mol. The molecule has 0 spiro atoms. The zero-order valence-electron chi connectivity index (χ0n) is 11.4. The van der Waals surface area contributed by atoms with E-state index in [1.807, 2.05) is 0 Å². The van der Waals surface area contributed by atoms with Crippen molar-refractivity contribution in [3.8, 4) is 11.5 Å². The molecule has 0 fully saturated rings. The number of hydrogen-bond donors (Lipinski definition) is 0. The van der Waals surface area contributed by atoms with E-state index >= 15 is 0 Å². The van der Waals surface area contributed by atoms with E-state index in [-0.39, 0.29) is 11.2 Å². The number of hydrogen-bond acceptors (Lipinski definition) is 4. The van der Waals surface area contributed by atoms with Gasteiger partial charge in [-0.3, -0.25) is 9.78 Å². The van der Waals surface area contributed by atoms with E-state index in [0.29, 0.717) is 28.5 Å². The molecule has 0 aliphatic heterocycles. The molecule has 0 atom stereocenters. The summed E-state index contributed by atoms with van der Waals surface area (Å²) in [6, 6.07) is 3.53. The Morgan fingerprint density at radius 3 is 2.65 bits per heavy atom. The van der Waals surface area contributed by atoms with Crippen molar-refractivity contribution in [2.24, 2.45) is 5.41 Å². The Labute approximate surface area is 122 Å². The van der Waals surface area contributed by atoms with Crippen molar-refractivity contribution in [3.05, 3.63) is 40.8 Å². The second-order valence-electron chi connectivity index (χ2n) is 5.86. The van der Waals surface area contributed by atoms with Crippen LogP contribution in [0.3, 0.4) is 0 Å². The number of carbonyl (C=O) groups excluding carboxylic acids is 1. The van der Waals surface area contributed by atoms with Crippen LogP contribution in [-0.4, -0.2) is 20.7 Å². The van der Waals surface area contributed by atoms with Crippen LogP contribution in [0.4, 0.5) is 0 Å². The van der Waals surface area contributed by atoms with Gasteiger partial charge < -0.3 is 0 Å². The van der Waals surface area contributed by atoms with Crippen LogP contribution in [0, 0.1) is 5.41 Å². The van der Waals surface area contributed by atoms with Crippen LogP contribution in [0.5, 0.6) is 0 Å². The molecule has 2 aromatic heterocycles. The summed E-state index contributed by atoms with van der Waals surface area (Å²) in [6.07, 6.45) is 4.50. The third-order valence-electron chi connectivity index (χ3n) is 3.41. The molecule has 2 aromatic rings. The van der Waals surface area contributed by atoms with Gasteiger partial charge in [-0.2, -0.15) is 0 Å². The summed E-state index contributed by atoms with van der Waals surface area (Å²) in [4.78, 5) is 25.1. The van der Waals surface area contributed by atoms with Gasteiger partial charge in [-0.05, 0) is 24.0 Å². The lowest BCUT2D eigenvalue weighted by Crippen LogP contribution is -2.28. The molecule has 0 aromatic carbocycles. The fourth-order valence-electron chi connectivity index (χ4n) is 2.46. The van der Waals surface area contributed by atoms with Crippen molar-refractivity contribution in [3.63, 3.8) is 0 Å². The van der Waals surface area contributed by atoms with Crippen LogP contribution in [0.2, 0.25) is 5.02 Å². The minimum atomic E-state index is -0.0524. The molecule has 0 bridgehead atoms. The Morgan fingerprint density at radius 1 is 1.15 bits per heavy atom. The Kier molecular flexibility index (Phi) is 3.05. The van der Waals surface area contributed by atoms with Gasteiger partial charge in [0.15, 0.2) is 11.6 Å². The molecule has 5 heteroatoms. The van der Waals surface area contributed by atoms with Gasteiger partial charge >= 0.3 is 0 Å². The van der Waals surface area contributed by atoms with E-state index in [4.69, 9.17) is 11.6 Å². The summed E-state index contributed by atoms with van der Waals surface area (Å²) >= 11 is 5.82. The highest BCUT2D eigenvalue weighted by Crippen LogP contribution is 2.34. The first kappa shape index (κ1) is 13.2. The molecular formula is C15H14ClN3O. The summed E-state index contributed by atoms with van der Waals surface area (Å²) in [7, 11) is 0. The lowest BCUT2D eigenvalue weighted by molar-refractivity contribution is 0.0910. The van der Waals surface area contributed by atoms with Gasteiger partial charge in [-0.15, -0.1) is 0 Å². The molecule has 0 amide bonds. The van der Waals surface area contributed by atoms with Gasteiger partial charge in [-0.1, -0.05) is 25.4 Å². The molecule has 4 nitrogen and oxygen atoms in total. The van der Waals surface area contributed by atoms with E-state index < -0.39 is 0 Å². The first-order valence-corrected chi connectivity index (χ1v) is 6.83. The number of carbonyl (C=O) groups is 1. The molecule has 0 saturated heterocycles. The van der Waals surface area contributed by atoms with Crippen LogP contribution >= 0.6 is 11.6 Å². The zero-order chi connectivity index (χ0) is 14.3. The third kappa shape index (κ3) is 2.43. The topological polar surface area (TPSA) is 55.7 Å². The maximum absolute atomic E-state index is 12.1. The van der Waals surface area contributed by atoms with Crippen molar-refractivity contribution in [1.29, 1.82) is 0 Å². The van der Waals surface area contributed by atoms with Gasteiger partial charge in [0, 0.05) is 18.8 Å². The van der Waals surface area contributed by atoms with Gasteiger partial charge in [0.25, 0.3) is 0 Å². The number of pyridine rings is 1. The Hall–Kier alpha value is -1.81. The maximum atomic E-state index is 12.1. The Balaban J connectivity index is 2.05. The van der Waals surface area contributed by atoms with Crippen LogP contribution in [0.15, 0.2) is 24.5 Å². The monoisotopic (exact) mass is 287 g/mol. The maximum Gasteiger partial charge on any atom is 0.178 e. The van der Waals surface area contributed by atoms with E-state index in [2.05, 4.69) is 28.8 Å². The van der Waals surface area contributed by atoms with Crippen molar-refractivity contribution in [2.45, 2.75) is 26.7 Å². The molecule has 1 aliphatic carbocycles. The number of halogens is 1. The van der Waals surface area contributed by atoms with Gasteiger partial charge in [0.2, 0.25) is 0 Å². The Bertz CT molecular complexity index is 680. The van der Waals surface area contributed by atoms with Crippen LogP contribution < -0.4 is 0 Å². The molecule has 102 valence electrons. The predicted molar refractivity (Wildman–Crippen MR) is 76.7 cm³/mol. The van der Waals surface area contributed by atoms with Crippen molar-refractivity contribution < 1.29 is 4.79 Å². The van der Waals surface area contributed by atoms with Crippen LogP contribution in [0.25, 0.3) is 11.5 Å². The zero-order valence-corrected chi connectivity index (χ0v) is 12.1. The quantitative estimate of drug-likeness (QED) is 0.807. The number of Topliss-reactive ketones (excluding diaryl/α,β-unsaturated/α-hetero) is 1. The molecule has 2 heterocycles. The molecule has 3 rings (SSSR count). The average Bonchev–Trinajstić information content (AvgIpc) is 2.37. The minimum Gasteiger partial charge on any atom is -0.294 e. The second kappa shape index (κ2) is 4.63. The largest absolute Gasteiger partial charge is 0.294 e. The minimum absolute atomic E-state index is 0.0524. The fourth-order valence-corrected chi connectivity index (χ4v) is 2.57. The highest BCUT2D eigenvalue weighted by atomic mass is 35.5. The SMILES string of the molecule is CC1(C)CC(=O)c2cnc(-c3ccc(Cl)cn3)nc2C1. The van der Waals surface area contributed by atoms with E-state index in [9.17, 15) is 4.79 Å². The first-order chi connectivity index (χ1) is 9.44. The molecule has 1 aliphatic rings. The predicted octanol–water partition coefficient (Wildman–Crippen LogP) is 3.35. The number of ketones is 1. The fraction of sp³-hybridized carbons (Fsp3) is 0.333. The summed E-state index contributed by atoms with van der Waals surface area (Å²) in [6.45, 7) is 4.16.